The highest BCUT2D eigenvalue weighted by Crippen LogP contribution is 2.20. The zero-order valence-corrected chi connectivity index (χ0v) is 15.7. The molecule has 9 heteroatoms. The Balaban J connectivity index is 2.08. The van der Waals surface area contributed by atoms with Crippen molar-refractivity contribution < 1.29 is 19.1 Å². The minimum absolute atomic E-state index is 0.156. The number of hydrogen-bond donors (Lipinski definition) is 2. The molecule has 2 N–H and O–H groups in total. The van der Waals surface area contributed by atoms with E-state index in [-0.39, 0.29) is 30.2 Å². The molecule has 1 aromatic heterocycles. The van der Waals surface area contributed by atoms with Crippen molar-refractivity contribution in [3.8, 4) is 0 Å². The van der Waals surface area contributed by atoms with Gasteiger partial charge in [-0.2, -0.15) is 5.10 Å². The molecule has 0 radical (unpaired) electrons. The summed E-state index contributed by atoms with van der Waals surface area (Å²) in [6.45, 7) is 4.72. The molecule has 1 aliphatic heterocycles. The van der Waals surface area contributed by atoms with E-state index in [4.69, 9.17) is 4.74 Å². The topological polar surface area (TPSA) is 106 Å². The minimum atomic E-state index is -0.585. The second-order valence-corrected chi connectivity index (χ2v) is 6.40. The van der Waals surface area contributed by atoms with Gasteiger partial charge in [-0.25, -0.2) is 0 Å². The van der Waals surface area contributed by atoms with E-state index in [1.807, 2.05) is 13.8 Å². The van der Waals surface area contributed by atoms with E-state index in [1.54, 1.807) is 13.1 Å². The van der Waals surface area contributed by atoms with Gasteiger partial charge in [0.2, 0.25) is 11.8 Å². The van der Waals surface area contributed by atoms with Crippen LogP contribution in [0.3, 0.4) is 0 Å². The van der Waals surface area contributed by atoms with Crippen molar-refractivity contribution in [2.45, 2.75) is 38.8 Å². The molecule has 0 spiro atoms. The van der Waals surface area contributed by atoms with Crippen LogP contribution in [0.2, 0.25) is 0 Å². The monoisotopic (exact) mass is 365 g/mol. The van der Waals surface area contributed by atoms with Gasteiger partial charge in [0, 0.05) is 33.3 Å². The standard InChI is InChI=1S/C17H27N5O4/c1-5-18-16(24)14-9-12(10-22(14)15(23)6-7-26-4)19-17(25)13-8-11(2)20-21(13)3/h8,12,14H,5-7,9-10H2,1-4H3,(H,18,24)(H,19,25)/t12-,14-/m0/s1. The summed E-state index contributed by atoms with van der Waals surface area (Å²) < 4.78 is 6.47. The number of hydrogen-bond acceptors (Lipinski definition) is 5. The normalized spacial score (nSPS) is 19.5. The Hall–Kier alpha value is -2.42. The number of nitrogens with one attached hydrogen (secondary N) is 2. The van der Waals surface area contributed by atoms with Crippen LogP contribution in [0, 0.1) is 6.92 Å². The van der Waals surface area contributed by atoms with E-state index in [1.165, 1.54) is 16.7 Å². The first-order valence-electron chi connectivity index (χ1n) is 8.75. The molecule has 1 aliphatic rings. The van der Waals surface area contributed by atoms with Crippen LogP contribution in [0.4, 0.5) is 0 Å². The summed E-state index contributed by atoms with van der Waals surface area (Å²) in [5.74, 6) is -0.624. The predicted octanol–water partition coefficient (Wildman–Crippen LogP) is -0.400. The van der Waals surface area contributed by atoms with Crippen molar-refractivity contribution in [3.05, 3.63) is 17.5 Å². The van der Waals surface area contributed by atoms with Gasteiger partial charge in [0.05, 0.1) is 18.7 Å². The SMILES string of the molecule is CCNC(=O)[C@@H]1C[C@H](NC(=O)c2cc(C)nn2C)CN1C(=O)CCOC. The Morgan fingerprint density at radius 1 is 1.38 bits per heavy atom. The summed E-state index contributed by atoms with van der Waals surface area (Å²) in [6.07, 6.45) is 0.584. The van der Waals surface area contributed by atoms with E-state index < -0.39 is 6.04 Å². The maximum Gasteiger partial charge on any atom is 0.269 e. The van der Waals surface area contributed by atoms with Gasteiger partial charge in [-0.05, 0) is 26.3 Å². The fourth-order valence-corrected chi connectivity index (χ4v) is 3.17. The lowest BCUT2D eigenvalue weighted by Crippen LogP contribution is -2.46. The van der Waals surface area contributed by atoms with E-state index in [9.17, 15) is 14.4 Å². The zero-order valence-electron chi connectivity index (χ0n) is 15.7. The lowest BCUT2D eigenvalue weighted by molar-refractivity contribution is -0.139. The summed E-state index contributed by atoms with van der Waals surface area (Å²) in [5, 5.41) is 9.83. The van der Waals surface area contributed by atoms with Gasteiger partial charge in [-0.15, -0.1) is 0 Å². The maximum atomic E-state index is 12.5. The van der Waals surface area contributed by atoms with Crippen LogP contribution in [-0.2, 0) is 21.4 Å². The van der Waals surface area contributed by atoms with Crippen molar-refractivity contribution in [1.82, 2.24) is 25.3 Å². The van der Waals surface area contributed by atoms with Gasteiger partial charge in [0.15, 0.2) is 0 Å². The molecular formula is C17H27N5O4. The lowest BCUT2D eigenvalue weighted by atomic mass is 10.1. The number of rotatable bonds is 7. The molecule has 2 rings (SSSR count). The summed E-state index contributed by atoms with van der Waals surface area (Å²) in [6, 6.07) is 0.822. The molecule has 2 atom stereocenters. The maximum absolute atomic E-state index is 12.5. The van der Waals surface area contributed by atoms with Crippen LogP contribution in [0.15, 0.2) is 6.07 Å². The highest BCUT2D eigenvalue weighted by Gasteiger charge is 2.39. The van der Waals surface area contributed by atoms with Crippen LogP contribution < -0.4 is 10.6 Å². The first-order chi connectivity index (χ1) is 12.4. The summed E-state index contributed by atoms with van der Waals surface area (Å²) in [5.41, 5.74) is 1.20. The third-order valence-electron chi connectivity index (χ3n) is 4.36. The third-order valence-corrected chi connectivity index (χ3v) is 4.36. The second-order valence-electron chi connectivity index (χ2n) is 6.40. The molecule has 1 fully saturated rings. The Morgan fingerprint density at radius 2 is 2.12 bits per heavy atom. The number of nitrogens with zero attached hydrogens (tertiary/aromatic N) is 3. The molecule has 0 aromatic carbocycles. The number of carbonyl (C=O) groups is 3. The van der Waals surface area contributed by atoms with Crippen LogP contribution >= 0.6 is 0 Å². The molecule has 3 amide bonds. The van der Waals surface area contributed by atoms with Gasteiger partial charge in [-0.3, -0.25) is 19.1 Å². The van der Waals surface area contributed by atoms with Gasteiger partial charge in [-0.1, -0.05) is 0 Å². The number of likely N-dealkylation sites (tertiary alicyclic amines) is 1. The molecule has 0 unspecified atom stereocenters. The van der Waals surface area contributed by atoms with Gasteiger partial charge >= 0.3 is 0 Å². The Bertz CT molecular complexity index is 672. The zero-order chi connectivity index (χ0) is 19.3. The molecule has 1 saturated heterocycles. The first kappa shape index (κ1) is 19.9. The van der Waals surface area contributed by atoms with Crippen molar-refractivity contribution in [3.63, 3.8) is 0 Å². The Kier molecular flexibility index (Phi) is 6.73. The highest BCUT2D eigenvalue weighted by molar-refractivity contribution is 5.93. The Labute approximate surface area is 153 Å². The number of carbonyl (C=O) groups excluding carboxylic acids is 3. The summed E-state index contributed by atoms with van der Waals surface area (Å²) in [4.78, 5) is 38.8. The molecular weight excluding hydrogens is 338 g/mol. The predicted molar refractivity (Wildman–Crippen MR) is 94.5 cm³/mol. The number of ether oxygens (including phenoxy) is 1. The van der Waals surface area contributed by atoms with Crippen molar-refractivity contribution >= 4 is 17.7 Å². The van der Waals surface area contributed by atoms with Crippen LogP contribution in [0.5, 0.6) is 0 Å². The van der Waals surface area contributed by atoms with Crippen LogP contribution in [0.25, 0.3) is 0 Å². The van der Waals surface area contributed by atoms with Crippen LogP contribution in [-0.4, -0.2) is 71.3 Å². The quantitative estimate of drug-likeness (QED) is 0.684. The van der Waals surface area contributed by atoms with Crippen LogP contribution in [0.1, 0.15) is 35.9 Å². The summed E-state index contributed by atoms with van der Waals surface area (Å²) in [7, 11) is 3.23. The fourth-order valence-electron chi connectivity index (χ4n) is 3.17. The number of aryl methyl sites for hydroxylation is 2. The molecule has 144 valence electrons. The number of methoxy groups -OCH3 is 1. The first-order valence-corrected chi connectivity index (χ1v) is 8.75. The van der Waals surface area contributed by atoms with E-state index in [0.29, 0.717) is 31.8 Å². The molecule has 2 heterocycles. The van der Waals surface area contributed by atoms with Crippen molar-refractivity contribution in [2.24, 2.45) is 7.05 Å². The molecule has 26 heavy (non-hydrogen) atoms. The van der Waals surface area contributed by atoms with Gasteiger partial charge in [0.1, 0.15) is 11.7 Å². The molecule has 0 bridgehead atoms. The van der Waals surface area contributed by atoms with E-state index in [0.717, 1.165) is 5.69 Å². The lowest BCUT2D eigenvalue weighted by Gasteiger charge is -2.23. The van der Waals surface area contributed by atoms with E-state index in [2.05, 4.69) is 15.7 Å². The minimum Gasteiger partial charge on any atom is -0.384 e. The fraction of sp³-hybridized carbons (Fsp3) is 0.647. The number of amides is 3. The van der Waals surface area contributed by atoms with E-state index >= 15 is 0 Å². The van der Waals surface area contributed by atoms with Gasteiger partial charge in [0.25, 0.3) is 5.91 Å². The Morgan fingerprint density at radius 3 is 2.69 bits per heavy atom. The largest absolute Gasteiger partial charge is 0.384 e. The van der Waals surface area contributed by atoms with Crippen molar-refractivity contribution in [2.75, 3.05) is 26.8 Å². The second kappa shape index (κ2) is 8.79. The molecule has 9 nitrogen and oxygen atoms in total. The number of likely N-dealkylation sites (N-methyl/N-ethyl adjacent to an activating group) is 1. The van der Waals surface area contributed by atoms with Crippen molar-refractivity contribution in [1.29, 1.82) is 0 Å². The average molecular weight is 365 g/mol. The third kappa shape index (κ3) is 4.60. The molecule has 0 saturated carbocycles. The number of aromatic nitrogens is 2. The summed E-state index contributed by atoms with van der Waals surface area (Å²) >= 11 is 0. The molecule has 1 aromatic rings. The smallest absolute Gasteiger partial charge is 0.269 e. The molecule has 0 aliphatic carbocycles. The van der Waals surface area contributed by atoms with Gasteiger partial charge < -0.3 is 20.3 Å². The highest BCUT2D eigenvalue weighted by atomic mass is 16.5. The average Bonchev–Trinajstić information content (AvgIpc) is 3.15.